The van der Waals surface area contributed by atoms with Gasteiger partial charge in [0, 0.05) is 35.9 Å². The molecule has 0 radical (unpaired) electrons. The Labute approximate surface area is 185 Å². The molecule has 2 heterocycles. The Balaban J connectivity index is 1.51. The summed E-state index contributed by atoms with van der Waals surface area (Å²) in [7, 11) is 0. The summed E-state index contributed by atoms with van der Waals surface area (Å²) >= 11 is 1.52. The van der Waals surface area contributed by atoms with E-state index in [-0.39, 0.29) is 24.8 Å². The van der Waals surface area contributed by atoms with E-state index in [0.29, 0.717) is 33.9 Å². The van der Waals surface area contributed by atoms with E-state index in [0.717, 1.165) is 18.5 Å². The lowest BCUT2D eigenvalue weighted by Crippen LogP contribution is -2.27. The van der Waals surface area contributed by atoms with Gasteiger partial charge < -0.3 is 15.2 Å². The first-order valence-corrected chi connectivity index (χ1v) is 11.1. The summed E-state index contributed by atoms with van der Waals surface area (Å²) in [6.45, 7) is 8.24. The van der Waals surface area contributed by atoms with Crippen LogP contribution in [0.3, 0.4) is 0 Å². The maximum atomic E-state index is 12.4. The monoisotopic (exact) mass is 441 g/mol. The fourth-order valence-corrected chi connectivity index (χ4v) is 4.34. The van der Waals surface area contributed by atoms with E-state index in [1.807, 2.05) is 6.92 Å². The molecule has 0 aliphatic heterocycles. The zero-order valence-corrected chi connectivity index (χ0v) is 19.0. The van der Waals surface area contributed by atoms with Crippen molar-refractivity contribution in [3.05, 3.63) is 46.3 Å². The number of thiazole rings is 1. The Hall–Kier alpha value is -3.07. The van der Waals surface area contributed by atoms with Crippen LogP contribution in [0, 0.1) is 13.8 Å². The molecule has 3 rings (SSSR count). The zero-order valence-electron chi connectivity index (χ0n) is 18.2. The van der Waals surface area contributed by atoms with E-state index in [4.69, 9.17) is 4.52 Å². The number of hydrogen-bond acceptors (Lipinski definition) is 7. The van der Waals surface area contributed by atoms with Gasteiger partial charge >= 0.3 is 0 Å². The third kappa shape index (κ3) is 5.97. The highest BCUT2D eigenvalue weighted by atomic mass is 32.1. The minimum atomic E-state index is -0.268. The number of nitrogens with one attached hydrogen (secondary N) is 2. The van der Waals surface area contributed by atoms with Crippen LogP contribution in [0.15, 0.2) is 28.8 Å². The highest BCUT2D eigenvalue weighted by Crippen LogP contribution is 2.32. The number of hydrogen-bond donors (Lipinski definition) is 2. The van der Waals surface area contributed by atoms with Crippen LogP contribution in [-0.2, 0) is 4.79 Å². The summed E-state index contributed by atoms with van der Waals surface area (Å²) in [6.07, 6.45) is 2.36. The molecule has 0 aliphatic carbocycles. The van der Waals surface area contributed by atoms with E-state index in [9.17, 15) is 9.59 Å². The molecule has 0 spiro atoms. The molecule has 0 bridgehead atoms. The molecule has 0 fully saturated rings. The van der Waals surface area contributed by atoms with Gasteiger partial charge in [0.2, 0.25) is 17.6 Å². The summed E-state index contributed by atoms with van der Waals surface area (Å²) in [5, 5.41) is 10.1. The lowest BCUT2D eigenvalue weighted by atomic mass is 10.0. The molecule has 0 saturated heterocycles. The molecule has 2 N–H and O–H groups in total. The first kappa shape index (κ1) is 22.6. The predicted molar refractivity (Wildman–Crippen MR) is 120 cm³/mol. The molecule has 164 valence electrons. The molecule has 9 heteroatoms. The molecule has 8 nitrogen and oxygen atoms in total. The van der Waals surface area contributed by atoms with Crippen LogP contribution >= 0.6 is 11.3 Å². The minimum Gasteiger partial charge on any atom is -0.352 e. The van der Waals surface area contributed by atoms with Gasteiger partial charge in [-0.05, 0) is 31.4 Å². The van der Waals surface area contributed by atoms with Gasteiger partial charge in [-0.2, -0.15) is 4.98 Å². The summed E-state index contributed by atoms with van der Waals surface area (Å²) in [5.74, 6) is 0.867. The van der Waals surface area contributed by atoms with Crippen LogP contribution in [0.1, 0.15) is 65.8 Å². The van der Waals surface area contributed by atoms with Gasteiger partial charge in [0.1, 0.15) is 0 Å². The Kier molecular flexibility index (Phi) is 7.51. The van der Waals surface area contributed by atoms with Crippen LogP contribution in [0.25, 0.3) is 11.4 Å². The molecule has 0 aliphatic rings. The van der Waals surface area contributed by atoms with Gasteiger partial charge in [-0.1, -0.05) is 37.6 Å². The minimum absolute atomic E-state index is 0.161. The van der Waals surface area contributed by atoms with Crippen LogP contribution in [0.2, 0.25) is 0 Å². The molecule has 1 atom stereocenters. The topological polar surface area (TPSA) is 110 Å². The van der Waals surface area contributed by atoms with Gasteiger partial charge in [0.25, 0.3) is 5.91 Å². The number of amides is 2. The van der Waals surface area contributed by atoms with Gasteiger partial charge in [-0.25, -0.2) is 4.98 Å². The number of aryl methyl sites for hydroxylation is 2. The average molecular weight is 442 g/mol. The lowest BCUT2D eigenvalue weighted by molar-refractivity contribution is -0.116. The molecule has 2 amide bonds. The maximum absolute atomic E-state index is 12.4. The standard InChI is InChI=1S/C22H27N5O3S/c1-5-7-13(2)19-14(3)24-22(31-19)26-18(28)10-11-23-21(29)17-9-6-8-16(12-17)20-25-15(4)30-27-20/h6,8-9,12-13H,5,7,10-11H2,1-4H3,(H,23,29)(H,24,26,28). The normalized spacial score (nSPS) is 11.9. The van der Waals surface area contributed by atoms with Crippen molar-refractivity contribution in [1.82, 2.24) is 20.4 Å². The van der Waals surface area contributed by atoms with Gasteiger partial charge in [-0.15, -0.1) is 11.3 Å². The van der Waals surface area contributed by atoms with Crippen LogP contribution in [0.4, 0.5) is 5.13 Å². The van der Waals surface area contributed by atoms with E-state index in [1.165, 1.54) is 16.2 Å². The number of anilines is 1. The molecule has 31 heavy (non-hydrogen) atoms. The van der Waals surface area contributed by atoms with Crippen molar-refractivity contribution >= 4 is 28.3 Å². The van der Waals surface area contributed by atoms with Crippen molar-refractivity contribution in [3.8, 4) is 11.4 Å². The third-order valence-corrected chi connectivity index (χ3v) is 6.10. The highest BCUT2D eigenvalue weighted by Gasteiger charge is 2.16. The summed E-state index contributed by atoms with van der Waals surface area (Å²) < 4.78 is 4.98. The number of benzene rings is 1. The molecule has 1 unspecified atom stereocenters. The zero-order chi connectivity index (χ0) is 22.4. The van der Waals surface area contributed by atoms with Gasteiger partial charge in [0.05, 0.1) is 5.69 Å². The van der Waals surface area contributed by atoms with Crippen LogP contribution in [-0.4, -0.2) is 33.5 Å². The Morgan fingerprint density at radius 3 is 2.74 bits per heavy atom. The summed E-state index contributed by atoms with van der Waals surface area (Å²) in [5.41, 5.74) is 2.12. The van der Waals surface area contributed by atoms with E-state index in [1.54, 1.807) is 31.2 Å². The fraction of sp³-hybridized carbons (Fsp3) is 0.409. The first-order valence-electron chi connectivity index (χ1n) is 10.3. The second-order valence-corrected chi connectivity index (χ2v) is 8.46. The number of rotatable bonds is 9. The molecule has 2 aromatic heterocycles. The van der Waals surface area contributed by atoms with Crippen LogP contribution in [0.5, 0.6) is 0 Å². The second-order valence-electron chi connectivity index (χ2n) is 7.43. The van der Waals surface area contributed by atoms with Crippen molar-refractivity contribution in [2.75, 3.05) is 11.9 Å². The smallest absolute Gasteiger partial charge is 0.251 e. The lowest BCUT2D eigenvalue weighted by Gasteiger charge is -2.07. The van der Waals surface area contributed by atoms with Crippen molar-refractivity contribution in [3.63, 3.8) is 0 Å². The fourth-order valence-electron chi connectivity index (χ4n) is 3.27. The summed E-state index contributed by atoms with van der Waals surface area (Å²) in [4.78, 5) is 34.5. The number of carbonyl (C=O) groups excluding carboxylic acids is 2. The predicted octanol–water partition coefficient (Wildman–Crippen LogP) is 4.47. The number of aromatic nitrogens is 3. The van der Waals surface area contributed by atoms with Crippen molar-refractivity contribution in [2.45, 2.75) is 52.9 Å². The molecule has 3 aromatic rings. The van der Waals surface area contributed by atoms with Crippen molar-refractivity contribution < 1.29 is 14.1 Å². The molecule has 1 aromatic carbocycles. The molecular weight excluding hydrogens is 414 g/mol. The quantitative estimate of drug-likeness (QED) is 0.507. The van der Waals surface area contributed by atoms with E-state index >= 15 is 0 Å². The SMILES string of the molecule is CCCC(C)c1sc(NC(=O)CCNC(=O)c2cccc(-c3noc(C)n3)c2)nc1C. The van der Waals surface area contributed by atoms with Crippen molar-refractivity contribution in [2.24, 2.45) is 0 Å². The second kappa shape index (κ2) is 10.3. The van der Waals surface area contributed by atoms with E-state index < -0.39 is 0 Å². The van der Waals surface area contributed by atoms with Gasteiger partial charge in [-0.3, -0.25) is 9.59 Å². The first-order chi connectivity index (χ1) is 14.9. The average Bonchev–Trinajstić information content (AvgIpc) is 3.33. The van der Waals surface area contributed by atoms with Crippen molar-refractivity contribution in [1.29, 1.82) is 0 Å². The maximum Gasteiger partial charge on any atom is 0.251 e. The third-order valence-electron chi connectivity index (χ3n) is 4.80. The highest BCUT2D eigenvalue weighted by molar-refractivity contribution is 7.16. The Morgan fingerprint density at radius 2 is 2.03 bits per heavy atom. The van der Waals surface area contributed by atoms with E-state index in [2.05, 4.69) is 39.6 Å². The number of nitrogens with zero attached hydrogens (tertiary/aromatic N) is 3. The Bertz CT molecular complexity index is 1060. The van der Waals surface area contributed by atoms with Crippen LogP contribution < -0.4 is 10.6 Å². The number of carbonyl (C=O) groups is 2. The molecular formula is C22H27N5O3S. The largest absolute Gasteiger partial charge is 0.352 e. The molecule has 0 saturated carbocycles. The van der Waals surface area contributed by atoms with Gasteiger partial charge in [0.15, 0.2) is 5.13 Å². The Morgan fingerprint density at radius 1 is 1.23 bits per heavy atom. The summed E-state index contributed by atoms with van der Waals surface area (Å²) in [6, 6.07) is 6.95.